The molecule has 0 aliphatic carbocycles. The predicted octanol–water partition coefficient (Wildman–Crippen LogP) is 5.83. The topological polar surface area (TPSA) is 38.1 Å². The first-order valence-corrected chi connectivity index (χ1v) is 11.3. The Kier molecular flexibility index (Phi) is 5.59. The average molecular weight is 422 g/mol. The van der Waals surface area contributed by atoms with Gasteiger partial charge in [-0.1, -0.05) is 73.7 Å². The number of amides is 1. The van der Waals surface area contributed by atoms with Crippen molar-refractivity contribution in [2.24, 2.45) is 0 Å². The van der Waals surface area contributed by atoms with Gasteiger partial charge in [0, 0.05) is 31.1 Å². The molecule has 5 rings (SSSR count). The second-order valence-electron chi connectivity index (χ2n) is 8.31. The van der Waals surface area contributed by atoms with Gasteiger partial charge in [0.2, 0.25) is 5.91 Å². The van der Waals surface area contributed by atoms with Crippen LogP contribution in [0.5, 0.6) is 0 Å². The van der Waals surface area contributed by atoms with Crippen LogP contribution in [0.1, 0.15) is 36.2 Å². The van der Waals surface area contributed by atoms with Gasteiger partial charge in [0.05, 0.1) is 11.0 Å². The SMILES string of the molecule is CCc1ccc(N2CC(c3nc4ccccc4n3C/C=C/c3ccccc3)CC2=O)cc1. The number of aromatic nitrogens is 2. The smallest absolute Gasteiger partial charge is 0.227 e. The summed E-state index contributed by atoms with van der Waals surface area (Å²) < 4.78 is 2.26. The van der Waals surface area contributed by atoms with Gasteiger partial charge in [-0.25, -0.2) is 4.98 Å². The van der Waals surface area contributed by atoms with Crippen molar-refractivity contribution in [3.05, 3.63) is 102 Å². The molecule has 1 atom stereocenters. The molecule has 4 aromatic rings. The van der Waals surface area contributed by atoms with Crippen LogP contribution < -0.4 is 4.90 Å². The van der Waals surface area contributed by atoms with Gasteiger partial charge in [-0.3, -0.25) is 4.79 Å². The fraction of sp³-hybridized carbons (Fsp3) is 0.214. The van der Waals surface area contributed by atoms with Crippen LogP contribution in [0.3, 0.4) is 0 Å². The molecule has 160 valence electrons. The molecule has 0 saturated carbocycles. The molecule has 4 heteroatoms. The number of aryl methyl sites for hydroxylation is 1. The van der Waals surface area contributed by atoms with Crippen molar-refractivity contribution in [2.75, 3.05) is 11.4 Å². The molecule has 1 amide bonds. The number of benzene rings is 3. The number of fused-ring (bicyclic) bond motifs is 1. The Hall–Kier alpha value is -3.66. The second kappa shape index (κ2) is 8.83. The van der Waals surface area contributed by atoms with Crippen LogP contribution in [0.4, 0.5) is 5.69 Å². The van der Waals surface area contributed by atoms with E-state index in [0.717, 1.165) is 35.5 Å². The highest BCUT2D eigenvalue weighted by Gasteiger charge is 2.34. The summed E-state index contributed by atoms with van der Waals surface area (Å²) >= 11 is 0. The van der Waals surface area contributed by atoms with E-state index in [1.807, 2.05) is 41.3 Å². The molecule has 1 fully saturated rings. The maximum atomic E-state index is 12.9. The molecule has 1 unspecified atom stereocenters. The number of nitrogens with zero attached hydrogens (tertiary/aromatic N) is 3. The normalized spacial score (nSPS) is 16.5. The van der Waals surface area contributed by atoms with E-state index in [0.29, 0.717) is 13.0 Å². The zero-order chi connectivity index (χ0) is 21.9. The number of para-hydroxylation sites is 2. The zero-order valence-corrected chi connectivity index (χ0v) is 18.3. The number of hydrogen-bond acceptors (Lipinski definition) is 2. The molecule has 0 bridgehead atoms. The minimum Gasteiger partial charge on any atom is -0.324 e. The largest absolute Gasteiger partial charge is 0.324 e. The third kappa shape index (κ3) is 3.96. The lowest BCUT2D eigenvalue weighted by Crippen LogP contribution is -2.24. The quantitative estimate of drug-likeness (QED) is 0.393. The summed E-state index contributed by atoms with van der Waals surface area (Å²) in [5.41, 5.74) is 5.52. The van der Waals surface area contributed by atoms with Crippen molar-refractivity contribution in [3.8, 4) is 0 Å². The number of rotatable bonds is 6. The molecule has 3 aromatic carbocycles. The van der Waals surface area contributed by atoms with Crippen molar-refractivity contribution in [1.82, 2.24) is 9.55 Å². The number of imidazole rings is 1. The third-order valence-corrected chi connectivity index (χ3v) is 6.23. The lowest BCUT2D eigenvalue weighted by atomic mass is 10.1. The summed E-state index contributed by atoms with van der Waals surface area (Å²) in [5, 5.41) is 0. The van der Waals surface area contributed by atoms with Gasteiger partial charge in [0.25, 0.3) is 0 Å². The summed E-state index contributed by atoms with van der Waals surface area (Å²) in [5.74, 6) is 1.23. The summed E-state index contributed by atoms with van der Waals surface area (Å²) in [4.78, 5) is 19.8. The Labute approximate surface area is 188 Å². The summed E-state index contributed by atoms with van der Waals surface area (Å²) in [7, 11) is 0. The molecule has 0 spiro atoms. The molecule has 1 saturated heterocycles. The molecular weight excluding hydrogens is 394 g/mol. The fourth-order valence-electron chi connectivity index (χ4n) is 4.50. The van der Waals surface area contributed by atoms with Gasteiger partial charge in [-0.05, 0) is 41.8 Å². The van der Waals surface area contributed by atoms with E-state index < -0.39 is 0 Å². The Morgan fingerprint density at radius 1 is 0.969 bits per heavy atom. The van der Waals surface area contributed by atoms with E-state index >= 15 is 0 Å². The van der Waals surface area contributed by atoms with E-state index in [9.17, 15) is 4.79 Å². The Morgan fingerprint density at radius 2 is 1.72 bits per heavy atom. The highest BCUT2D eigenvalue weighted by Crippen LogP contribution is 2.33. The molecule has 1 aromatic heterocycles. The molecular formula is C28H27N3O. The van der Waals surface area contributed by atoms with E-state index in [1.54, 1.807) is 0 Å². The highest BCUT2D eigenvalue weighted by atomic mass is 16.2. The summed E-state index contributed by atoms with van der Waals surface area (Å²) in [6, 6.07) is 26.9. The first kappa shape index (κ1) is 20.3. The molecule has 0 N–H and O–H groups in total. The van der Waals surface area contributed by atoms with Crippen LogP contribution in [-0.2, 0) is 17.8 Å². The van der Waals surface area contributed by atoms with Crippen LogP contribution in [-0.4, -0.2) is 22.0 Å². The van der Waals surface area contributed by atoms with Gasteiger partial charge in [0.1, 0.15) is 5.82 Å². The molecule has 2 heterocycles. The maximum absolute atomic E-state index is 12.9. The fourth-order valence-corrected chi connectivity index (χ4v) is 4.50. The van der Waals surface area contributed by atoms with Crippen molar-refractivity contribution in [3.63, 3.8) is 0 Å². The van der Waals surface area contributed by atoms with Crippen LogP contribution in [0.15, 0.2) is 84.9 Å². The minimum atomic E-state index is 0.0749. The van der Waals surface area contributed by atoms with Crippen molar-refractivity contribution in [2.45, 2.75) is 32.2 Å². The van der Waals surface area contributed by atoms with Gasteiger partial charge in [0.15, 0.2) is 0 Å². The molecule has 0 radical (unpaired) electrons. The zero-order valence-electron chi connectivity index (χ0n) is 18.3. The van der Waals surface area contributed by atoms with Gasteiger partial charge < -0.3 is 9.47 Å². The molecule has 32 heavy (non-hydrogen) atoms. The lowest BCUT2D eigenvalue weighted by molar-refractivity contribution is -0.117. The minimum absolute atomic E-state index is 0.0749. The number of anilines is 1. The predicted molar refractivity (Wildman–Crippen MR) is 131 cm³/mol. The number of carbonyl (C=O) groups excluding carboxylic acids is 1. The summed E-state index contributed by atoms with van der Waals surface area (Å²) in [6.45, 7) is 3.53. The van der Waals surface area contributed by atoms with Gasteiger partial charge >= 0.3 is 0 Å². The first-order valence-electron chi connectivity index (χ1n) is 11.3. The van der Waals surface area contributed by atoms with E-state index in [2.05, 4.69) is 66.1 Å². The van der Waals surface area contributed by atoms with Crippen LogP contribution >= 0.6 is 0 Å². The third-order valence-electron chi connectivity index (χ3n) is 6.23. The van der Waals surface area contributed by atoms with E-state index in [1.165, 1.54) is 11.1 Å². The van der Waals surface area contributed by atoms with Crippen LogP contribution in [0, 0.1) is 0 Å². The number of allylic oxidation sites excluding steroid dienone is 1. The van der Waals surface area contributed by atoms with Crippen molar-refractivity contribution < 1.29 is 4.79 Å². The van der Waals surface area contributed by atoms with Crippen LogP contribution in [0.2, 0.25) is 0 Å². The van der Waals surface area contributed by atoms with E-state index in [4.69, 9.17) is 4.98 Å². The standard InChI is InChI=1S/C28H27N3O/c1-2-21-14-16-24(17-15-21)31-20-23(19-27(31)32)28-29-25-12-6-7-13-26(25)30(28)18-8-11-22-9-4-3-5-10-22/h3-17,23H,2,18-20H2,1H3/b11-8+. The molecule has 4 nitrogen and oxygen atoms in total. The van der Waals surface area contributed by atoms with E-state index in [-0.39, 0.29) is 11.8 Å². The van der Waals surface area contributed by atoms with Crippen molar-refractivity contribution >= 4 is 28.7 Å². The lowest BCUT2D eigenvalue weighted by Gasteiger charge is -2.17. The summed E-state index contributed by atoms with van der Waals surface area (Å²) in [6.07, 6.45) is 5.80. The number of carbonyl (C=O) groups is 1. The molecule has 1 aliphatic heterocycles. The highest BCUT2D eigenvalue weighted by molar-refractivity contribution is 5.96. The van der Waals surface area contributed by atoms with Crippen LogP contribution in [0.25, 0.3) is 17.1 Å². The van der Waals surface area contributed by atoms with Crippen molar-refractivity contribution in [1.29, 1.82) is 0 Å². The van der Waals surface area contributed by atoms with Gasteiger partial charge in [-0.15, -0.1) is 0 Å². The monoisotopic (exact) mass is 421 g/mol. The first-order chi connectivity index (χ1) is 15.7. The Bertz CT molecular complexity index is 1260. The molecule has 1 aliphatic rings. The second-order valence-corrected chi connectivity index (χ2v) is 8.31. The average Bonchev–Trinajstić information content (AvgIpc) is 3.40. The van der Waals surface area contributed by atoms with Gasteiger partial charge in [-0.2, -0.15) is 0 Å². The Morgan fingerprint density at radius 3 is 2.50 bits per heavy atom. The maximum Gasteiger partial charge on any atom is 0.227 e. The number of hydrogen-bond donors (Lipinski definition) is 0. The Balaban J connectivity index is 1.44.